The molecule has 0 bridgehead atoms. The van der Waals surface area contributed by atoms with E-state index in [4.69, 9.17) is 0 Å². The van der Waals surface area contributed by atoms with E-state index in [0.29, 0.717) is 11.6 Å². The fraction of sp³-hybridized carbons (Fsp3) is 0.500. The van der Waals surface area contributed by atoms with Crippen LogP contribution in [-0.4, -0.2) is 59.6 Å². The molecule has 1 fully saturated rings. The minimum Gasteiger partial charge on any atom is -0.341 e. The second-order valence-electron chi connectivity index (χ2n) is 6.64. The number of carbonyl (C=O) groups is 2. The highest BCUT2D eigenvalue weighted by Gasteiger charge is 2.27. The molecule has 0 spiro atoms. The normalized spacial score (nSPS) is 16.2. The summed E-state index contributed by atoms with van der Waals surface area (Å²) >= 11 is 0. The molecule has 0 saturated carbocycles. The minimum atomic E-state index is -0.566. The van der Waals surface area contributed by atoms with Crippen molar-refractivity contribution >= 4 is 35.1 Å². The lowest BCUT2D eigenvalue weighted by atomic mass is 9.96. The number of halogens is 1. The number of nitrogens with one attached hydrogen (secondary N) is 3. The first-order chi connectivity index (χ1) is 12.1. The number of H-pyrrole nitrogens is 1. The number of likely N-dealkylation sites (tertiary alicyclic amines) is 1. The van der Waals surface area contributed by atoms with Gasteiger partial charge in [-0.05, 0) is 45.3 Å². The number of hydrogen-bond acceptors (Lipinski definition) is 4. The molecule has 142 valence electrons. The third-order valence-corrected chi connectivity index (χ3v) is 4.82. The number of piperidine rings is 1. The summed E-state index contributed by atoms with van der Waals surface area (Å²) in [6.45, 7) is 4.21. The number of nitrogens with zero attached hydrogens (tertiary/aromatic N) is 2. The molecule has 1 aromatic heterocycles. The second kappa shape index (κ2) is 9.00. The Balaban J connectivity index is 0.00000243. The fourth-order valence-electron chi connectivity index (χ4n) is 3.38. The Morgan fingerprint density at radius 1 is 1.31 bits per heavy atom. The van der Waals surface area contributed by atoms with Crippen LogP contribution in [0.1, 0.15) is 30.3 Å². The Morgan fingerprint density at radius 3 is 2.69 bits per heavy atom. The molecule has 1 saturated heterocycles. The molecule has 1 atom stereocenters. The largest absolute Gasteiger partial charge is 0.341 e. The summed E-state index contributed by atoms with van der Waals surface area (Å²) in [6, 6.07) is 6.88. The number of fused-ring (bicyclic) bond motifs is 1. The molecule has 7 nitrogen and oxygen atoms in total. The second-order valence-corrected chi connectivity index (χ2v) is 6.64. The molecule has 2 amide bonds. The smallest absolute Gasteiger partial charge is 0.273 e. The van der Waals surface area contributed by atoms with Gasteiger partial charge >= 0.3 is 0 Å². The number of para-hydroxylation sites is 1. The van der Waals surface area contributed by atoms with Crippen molar-refractivity contribution < 1.29 is 9.59 Å². The van der Waals surface area contributed by atoms with E-state index in [1.54, 1.807) is 6.92 Å². The molecule has 3 N–H and O–H groups in total. The van der Waals surface area contributed by atoms with Gasteiger partial charge in [-0.3, -0.25) is 14.7 Å². The Morgan fingerprint density at radius 2 is 2.00 bits per heavy atom. The summed E-state index contributed by atoms with van der Waals surface area (Å²) in [5, 5.41) is 13.7. The molecule has 2 heterocycles. The van der Waals surface area contributed by atoms with Gasteiger partial charge in [0.2, 0.25) is 5.91 Å². The third-order valence-electron chi connectivity index (χ3n) is 4.82. The highest BCUT2D eigenvalue weighted by Crippen LogP contribution is 2.18. The standard InChI is InChI=1S/C18H25N5O2.ClH/c1-12(18(25)23-9-7-13(8-10-23)11-19-2)20-17(24)16-14-5-3-4-6-15(14)21-22-16;/h3-6,12-13,19H,7-11H2,1-2H3,(H,20,24)(H,21,22);1H. The Bertz CT molecular complexity index is 755. The zero-order valence-corrected chi connectivity index (χ0v) is 15.9. The van der Waals surface area contributed by atoms with Crippen LogP contribution in [0.25, 0.3) is 10.9 Å². The first-order valence-electron chi connectivity index (χ1n) is 8.77. The molecule has 26 heavy (non-hydrogen) atoms. The van der Waals surface area contributed by atoms with Gasteiger partial charge in [-0.15, -0.1) is 12.4 Å². The maximum absolute atomic E-state index is 12.6. The quantitative estimate of drug-likeness (QED) is 0.735. The van der Waals surface area contributed by atoms with Crippen molar-refractivity contribution in [3.8, 4) is 0 Å². The average Bonchev–Trinajstić information content (AvgIpc) is 3.06. The van der Waals surface area contributed by atoms with Gasteiger partial charge in [-0.25, -0.2) is 0 Å². The SMILES string of the molecule is CNCC1CCN(C(=O)C(C)NC(=O)c2n[nH]c3ccccc23)CC1.Cl. The molecule has 8 heteroatoms. The third kappa shape index (κ3) is 4.34. The maximum atomic E-state index is 12.6. The zero-order chi connectivity index (χ0) is 17.8. The maximum Gasteiger partial charge on any atom is 0.273 e. The fourth-order valence-corrected chi connectivity index (χ4v) is 3.38. The van der Waals surface area contributed by atoms with Crippen LogP contribution in [0, 0.1) is 5.92 Å². The van der Waals surface area contributed by atoms with Gasteiger partial charge in [0.05, 0.1) is 5.52 Å². The molecule has 1 aliphatic rings. The van der Waals surface area contributed by atoms with Crippen molar-refractivity contribution in [2.75, 3.05) is 26.7 Å². The predicted molar refractivity (Wildman–Crippen MR) is 104 cm³/mol. The topological polar surface area (TPSA) is 90.1 Å². The minimum absolute atomic E-state index is 0. The molecule has 1 unspecified atom stereocenters. The van der Waals surface area contributed by atoms with E-state index >= 15 is 0 Å². The lowest BCUT2D eigenvalue weighted by Crippen LogP contribution is -2.50. The Hall–Kier alpha value is -2.12. The van der Waals surface area contributed by atoms with E-state index in [9.17, 15) is 9.59 Å². The van der Waals surface area contributed by atoms with Crippen LogP contribution in [0.15, 0.2) is 24.3 Å². The zero-order valence-electron chi connectivity index (χ0n) is 15.1. The summed E-state index contributed by atoms with van der Waals surface area (Å²) in [6.07, 6.45) is 1.99. The lowest BCUT2D eigenvalue weighted by Gasteiger charge is -2.33. The van der Waals surface area contributed by atoms with Crippen LogP contribution in [0.4, 0.5) is 0 Å². The number of amides is 2. The summed E-state index contributed by atoms with van der Waals surface area (Å²) < 4.78 is 0. The van der Waals surface area contributed by atoms with Crippen LogP contribution in [0.5, 0.6) is 0 Å². The van der Waals surface area contributed by atoms with Gasteiger partial charge < -0.3 is 15.5 Å². The number of aromatic amines is 1. The molecule has 1 aromatic carbocycles. The number of hydrogen-bond donors (Lipinski definition) is 3. The summed E-state index contributed by atoms with van der Waals surface area (Å²) in [5.74, 6) is 0.258. The van der Waals surface area contributed by atoms with E-state index in [2.05, 4.69) is 20.8 Å². The summed E-state index contributed by atoms with van der Waals surface area (Å²) in [4.78, 5) is 26.9. The van der Waals surface area contributed by atoms with Crippen molar-refractivity contribution in [3.05, 3.63) is 30.0 Å². The number of carbonyl (C=O) groups excluding carboxylic acids is 2. The molecule has 3 rings (SSSR count). The molecular weight excluding hydrogens is 354 g/mol. The van der Waals surface area contributed by atoms with Crippen LogP contribution in [-0.2, 0) is 4.79 Å². The van der Waals surface area contributed by atoms with Crippen molar-refractivity contribution in [1.82, 2.24) is 25.7 Å². The van der Waals surface area contributed by atoms with Crippen molar-refractivity contribution in [3.63, 3.8) is 0 Å². The highest BCUT2D eigenvalue weighted by molar-refractivity contribution is 6.05. The molecule has 0 aliphatic carbocycles. The van der Waals surface area contributed by atoms with Gasteiger partial charge in [0.1, 0.15) is 6.04 Å². The van der Waals surface area contributed by atoms with Gasteiger partial charge in [-0.1, -0.05) is 18.2 Å². The molecule has 0 radical (unpaired) electrons. The summed E-state index contributed by atoms with van der Waals surface area (Å²) in [7, 11) is 1.95. The average molecular weight is 380 g/mol. The predicted octanol–water partition coefficient (Wildman–Crippen LogP) is 1.56. The van der Waals surface area contributed by atoms with Crippen LogP contribution in [0.3, 0.4) is 0 Å². The summed E-state index contributed by atoms with van der Waals surface area (Å²) in [5.41, 5.74) is 1.13. The number of aromatic nitrogens is 2. The van der Waals surface area contributed by atoms with Gasteiger partial charge in [0, 0.05) is 18.5 Å². The van der Waals surface area contributed by atoms with Crippen molar-refractivity contribution in [1.29, 1.82) is 0 Å². The van der Waals surface area contributed by atoms with Crippen molar-refractivity contribution in [2.24, 2.45) is 5.92 Å². The van der Waals surface area contributed by atoms with E-state index in [1.165, 1.54) is 0 Å². The molecule has 1 aliphatic heterocycles. The number of rotatable bonds is 5. The Labute approximate surface area is 159 Å². The molecular formula is C18H26ClN5O2. The highest BCUT2D eigenvalue weighted by atomic mass is 35.5. The van der Waals surface area contributed by atoms with E-state index in [0.717, 1.165) is 43.4 Å². The van der Waals surface area contributed by atoms with Crippen LogP contribution in [0.2, 0.25) is 0 Å². The first-order valence-corrected chi connectivity index (χ1v) is 8.77. The Kier molecular flexibility index (Phi) is 6.99. The van der Waals surface area contributed by atoms with Crippen LogP contribution >= 0.6 is 12.4 Å². The van der Waals surface area contributed by atoms with Gasteiger partial charge in [-0.2, -0.15) is 5.10 Å². The monoisotopic (exact) mass is 379 g/mol. The molecule has 2 aromatic rings. The lowest BCUT2D eigenvalue weighted by molar-refractivity contribution is -0.134. The number of benzene rings is 1. The van der Waals surface area contributed by atoms with Gasteiger partial charge in [0.15, 0.2) is 5.69 Å². The van der Waals surface area contributed by atoms with E-state index in [1.807, 2.05) is 36.2 Å². The first kappa shape index (κ1) is 20.2. The van der Waals surface area contributed by atoms with Crippen LogP contribution < -0.4 is 10.6 Å². The van der Waals surface area contributed by atoms with E-state index in [-0.39, 0.29) is 24.2 Å². The van der Waals surface area contributed by atoms with Crippen molar-refractivity contribution in [2.45, 2.75) is 25.8 Å². The van der Waals surface area contributed by atoms with E-state index < -0.39 is 6.04 Å². The van der Waals surface area contributed by atoms with Gasteiger partial charge in [0.25, 0.3) is 5.91 Å².